The Morgan fingerprint density at radius 1 is 0.800 bits per heavy atom. The van der Waals surface area contributed by atoms with Crippen molar-refractivity contribution in [3.8, 4) is 0 Å². The van der Waals surface area contributed by atoms with Crippen LogP contribution in [0.4, 0.5) is 0 Å². The van der Waals surface area contributed by atoms with Crippen molar-refractivity contribution < 1.29 is 19.2 Å². The molecule has 0 radical (unpaired) electrons. The maximum Gasteiger partial charge on any atom is 0.243 e. The Balaban J connectivity index is 5.05. The van der Waals surface area contributed by atoms with Gasteiger partial charge in [0.05, 0.1) is 12.5 Å². The van der Waals surface area contributed by atoms with Crippen LogP contribution >= 0.6 is 0 Å². The number of ketones is 1. The van der Waals surface area contributed by atoms with Crippen LogP contribution in [-0.2, 0) is 19.2 Å². The first-order valence-corrected chi connectivity index (χ1v) is 8.83. The molecule has 7 heteroatoms. The summed E-state index contributed by atoms with van der Waals surface area (Å²) in [6, 6.07) is -1.72. The average Bonchev–Trinajstić information content (AvgIpc) is 2.43. The Kier molecular flexibility index (Phi) is 10.0. The molecule has 0 saturated heterocycles. The summed E-state index contributed by atoms with van der Waals surface area (Å²) in [5.74, 6) is -1.48. The number of carbonyl (C=O) groups excluding carboxylic acids is 4. The zero-order chi connectivity index (χ0) is 19.7. The van der Waals surface area contributed by atoms with E-state index in [4.69, 9.17) is 5.73 Å². The van der Waals surface area contributed by atoms with Crippen molar-refractivity contribution >= 4 is 23.5 Å². The van der Waals surface area contributed by atoms with Gasteiger partial charge in [0, 0.05) is 5.92 Å². The summed E-state index contributed by atoms with van der Waals surface area (Å²) in [4.78, 5) is 47.7. The van der Waals surface area contributed by atoms with Crippen molar-refractivity contribution in [1.29, 1.82) is 0 Å². The van der Waals surface area contributed by atoms with Crippen molar-refractivity contribution in [3.05, 3.63) is 0 Å². The number of hydrogen-bond donors (Lipinski definition) is 3. The van der Waals surface area contributed by atoms with Crippen LogP contribution < -0.4 is 16.4 Å². The van der Waals surface area contributed by atoms with Gasteiger partial charge in [-0.25, -0.2) is 0 Å². The number of nitrogens with one attached hydrogen (secondary N) is 2. The number of primary amides is 1. The monoisotopic (exact) mass is 355 g/mol. The van der Waals surface area contributed by atoms with Gasteiger partial charge in [-0.3, -0.25) is 19.2 Å². The van der Waals surface area contributed by atoms with E-state index >= 15 is 0 Å². The summed E-state index contributed by atoms with van der Waals surface area (Å²) in [5.41, 5.74) is 5.20. The Hall–Kier alpha value is -1.92. The van der Waals surface area contributed by atoms with Crippen molar-refractivity contribution in [2.24, 2.45) is 23.5 Å². The fourth-order valence-corrected chi connectivity index (χ4v) is 2.61. The van der Waals surface area contributed by atoms with Gasteiger partial charge in [0.15, 0.2) is 5.78 Å². The van der Waals surface area contributed by atoms with Crippen molar-refractivity contribution in [2.45, 2.75) is 72.9 Å². The van der Waals surface area contributed by atoms with E-state index in [-0.39, 0.29) is 29.9 Å². The number of carbonyl (C=O) groups is 4. The van der Waals surface area contributed by atoms with Gasteiger partial charge in [0.2, 0.25) is 17.7 Å². The van der Waals surface area contributed by atoms with E-state index in [1.165, 1.54) is 6.92 Å². The summed E-state index contributed by atoms with van der Waals surface area (Å²) >= 11 is 0. The quantitative estimate of drug-likeness (QED) is 0.515. The third-order valence-corrected chi connectivity index (χ3v) is 3.83. The van der Waals surface area contributed by atoms with Crippen LogP contribution in [0.25, 0.3) is 0 Å². The van der Waals surface area contributed by atoms with E-state index in [0.717, 1.165) is 0 Å². The highest BCUT2D eigenvalue weighted by atomic mass is 16.2. The zero-order valence-electron chi connectivity index (χ0n) is 16.2. The molecular weight excluding hydrogens is 322 g/mol. The summed E-state index contributed by atoms with van der Waals surface area (Å²) in [6.07, 6.45) is 0.848. The Bertz CT molecular complexity index is 489. The molecule has 0 unspecified atom stereocenters. The zero-order valence-corrected chi connectivity index (χ0v) is 16.2. The van der Waals surface area contributed by atoms with E-state index in [9.17, 15) is 19.2 Å². The molecule has 0 bridgehead atoms. The predicted molar refractivity (Wildman–Crippen MR) is 96.4 cm³/mol. The first kappa shape index (κ1) is 23.1. The van der Waals surface area contributed by atoms with Crippen molar-refractivity contribution in [2.75, 3.05) is 0 Å². The summed E-state index contributed by atoms with van der Waals surface area (Å²) < 4.78 is 0. The van der Waals surface area contributed by atoms with E-state index < -0.39 is 23.9 Å². The number of hydrogen-bond acceptors (Lipinski definition) is 4. The molecule has 0 aliphatic rings. The Morgan fingerprint density at radius 3 is 1.68 bits per heavy atom. The summed E-state index contributed by atoms with van der Waals surface area (Å²) in [7, 11) is 0. The molecule has 0 aliphatic heterocycles. The predicted octanol–water partition coefficient (Wildman–Crippen LogP) is 1.15. The van der Waals surface area contributed by atoms with E-state index in [2.05, 4.69) is 10.6 Å². The van der Waals surface area contributed by atoms with Crippen LogP contribution in [0.1, 0.15) is 60.8 Å². The van der Waals surface area contributed by atoms with Crippen LogP contribution in [0, 0.1) is 17.8 Å². The molecule has 0 rings (SSSR count). The maximum absolute atomic E-state index is 12.5. The van der Waals surface area contributed by atoms with Crippen LogP contribution in [0.5, 0.6) is 0 Å². The second-order valence-electron chi connectivity index (χ2n) is 7.56. The second-order valence-corrected chi connectivity index (χ2v) is 7.56. The van der Waals surface area contributed by atoms with Gasteiger partial charge in [-0.2, -0.15) is 0 Å². The van der Waals surface area contributed by atoms with Gasteiger partial charge in [-0.15, -0.1) is 0 Å². The second kappa shape index (κ2) is 10.8. The highest BCUT2D eigenvalue weighted by Crippen LogP contribution is 2.12. The van der Waals surface area contributed by atoms with Gasteiger partial charge in [0.1, 0.15) is 6.04 Å². The van der Waals surface area contributed by atoms with Crippen LogP contribution in [-0.4, -0.2) is 35.6 Å². The molecule has 3 atom stereocenters. The molecule has 0 aromatic heterocycles. The molecule has 0 spiro atoms. The highest BCUT2D eigenvalue weighted by Gasteiger charge is 2.28. The maximum atomic E-state index is 12.5. The molecule has 3 amide bonds. The molecule has 0 aromatic carbocycles. The van der Waals surface area contributed by atoms with Gasteiger partial charge in [0.25, 0.3) is 0 Å². The van der Waals surface area contributed by atoms with Crippen LogP contribution in [0.15, 0.2) is 0 Å². The van der Waals surface area contributed by atoms with Gasteiger partial charge < -0.3 is 16.4 Å². The minimum Gasteiger partial charge on any atom is -0.370 e. The molecule has 0 aliphatic carbocycles. The van der Waals surface area contributed by atoms with E-state index in [1.54, 1.807) is 6.92 Å². The first-order valence-electron chi connectivity index (χ1n) is 8.83. The van der Waals surface area contributed by atoms with Crippen molar-refractivity contribution in [1.82, 2.24) is 10.6 Å². The smallest absolute Gasteiger partial charge is 0.243 e. The normalized spacial score (nSPS) is 14.7. The number of nitrogens with two attached hydrogens (primary N) is 1. The molecule has 144 valence electrons. The Labute approximate surface area is 150 Å². The van der Waals surface area contributed by atoms with Crippen molar-refractivity contribution in [3.63, 3.8) is 0 Å². The first-order chi connectivity index (χ1) is 11.4. The third-order valence-electron chi connectivity index (χ3n) is 3.83. The summed E-state index contributed by atoms with van der Waals surface area (Å²) in [5, 5.41) is 5.22. The lowest BCUT2D eigenvalue weighted by molar-refractivity contribution is -0.134. The van der Waals surface area contributed by atoms with Gasteiger partial charge in [-0.1, -0.05) is 34.6 Å². The lowest BCUT2D eigenvalue weighted by Crippen LogP contribution is -2.53. The minimum absolute atomic E-state index is 0.167. The minimum atomic E-state index is -1.08. The lowest BCUT2D eigenvalue weighted by atomic mass is 9.97. The molecule has 25 heavy (non-hydrogen) atoms. The van der Waals surface area contributed by atoms with Crippen LogP contribution in [0.3, 0.4) is 0 Å². The standard InChI is InChI=1S/C18H33N3O4/c1-10(2)7-12(5)17(24)21-15(9-16(19)23)18(25)20-14(13(6)22)8-11(3)4/h10-12,14-15H,7-9H2,1-6H3,(H2,19,23)(H,20,25)(H,21,24)/t12-,14+,15+/m1/s1. The fourth-order valence-electron chi connectivity index (χ4n) is 2.61. The van der Waals surface area contributed by atoms with Crippen LogP contribution in [0.2, 0.25) is 0 Å². The largest absolute Gasteiger partial charge is 0.370 e. The number of amides is 3. The Morgan fingerprint density at radius 2 is 1.28 bits per heavy atom. The summed E-state index contributed by atoms with van der Waals surface area (Å²) in [6.45, 7) is 11.1. The molecule has 0 saturated carbocycles. The number of Topliss-reactive ketones (excluding diaryl/α,β-unsaturated/α-hetero) is 1. The molecule has 4 N–H and O–H groups in total. The molecule has 0 aromatic rings. The van der Waals surface area contributed by atoms with E-state index in [0.29, 0.717) is 18.8 Å². The van der Waals surface area contributed by atoms with E-state index in [1.807, 2.05) is 27.7 Å². The lowest BCUT2D eigenvalue weighted by Gasteiger charge is -2.24. The third kappa shape index (κ3) is 9.84. The molecule has 0 fully saturated rings. The molecule has 7 nitrogen and oxygen atoms in total. The van der Waals surface area contributed by atoms with Gasteiger partial charge >= 0.3 is 0 Å². The highest BCUT2D eigenvalue weighted by molar-refractivity contribution is 5.94. The molecule has 0 heterocycles. The topological polar surface area (TPSA) is 118 Å². The number of rotatable bonds is 11. The average molecular weight is 355 g/mol. The fraction of sp³-hybridized carbons (Fsp3) is 0.778. The SMILES string of the molecule is CC(=O)[C@H](CC(C)C)NC(=O)[C@H](CC(N)=O)NC(=O)[C@H](C)CC(C)C. The van der Waals surface area contributed by atoms with Gasteiger partial charge in [-0.05, 0) is 31.6 Å². The molecular formula is C18H33N3O4.